The zero-order valence-electron chi connectivity index (χ0n) is 34.0. The highest BCUT2D eigenvalue weighted by Crippen LogP contribution is 2.42. The fourth-order valence-corrected chi connectivity index (χ4v) is 10.3. The number of hydrogen-bond acceptors (Lipinski definition) is 6. The summed E-state index contributed by atoms with van der Waals surface area (Å²) in [6, 6.07) is 31.1. The fraction of sp³-hybridized carbons (Fsp3) is 0.520. The molecule has 0 amide bonds. The van der Waals surface area contributed by atoms with Crippen molar-refractivity contribution >= 4 is 0 Å². The van der Waals surface area contributed by atoms with Crippen LogP contribution >= 0.6 is 0 Å². The maximum absolute atomic E-state index is 9.54. The van der Waals surface area contributed by atoms with E-state index in [1.54, 1.807) is 14.2 Å². The lowest BCUT2D eigenvalue weighted by Gasteiger charge is -2.26. The number of benzene rings is 4. The predicted molar refractivity (Wildman–Crippen MR) is 228 cm³/mol. The molecule has 6 heteroatoms. The van der Waals surface area contributed by atoms with Gasteiger partial charge in [-0.25, -0.2) is 0 Å². The molecule has 300 valence electrons. The molecular formula is C50H66N2O4. The third kappa shape index (κ3) is 10.1. The summed E-state index contributed by atoms with van der Waals surface area (Å²) in [5.74, 6) is 4.45. The molecule has 0 aliphatic heterocycles. The number of aryl methyl sites for hydroxylation is 4. The van der Waals surface area contributed by atoms with Gasteiger partial charge in [-0.3, -0.25) is 0 Å². The summed E-state index contributed by atoms with van der Waals surface area (Å²) in [6.45, 7) is 0.201. The Labute approximate surface area is 336 Å². The Balaban J connectivity index is 0.000000172. The molecule has 56 heavy (non-hydrogen) atoms. The van der Waals surface area contributed by atoms with E-state index in [2.05, 4.69) is 72.8 Å². The minimum Gasteiger partial charge on any atom is -0.497 e. The standard InChI is InChI=1S/2C25H33NO2/c2*1-28-24-4-2-3-18(14-24)5-6-19-7-8-21-15-22(10-9-20(21)13-19)23-11-12-25(26,16-23)17-27/h2*2-4,9-10,14-15,19,23,27H,5-8,11-13,16-17,26H2,1H3/t19-,23+,25-;19-,23-,25+/m10/s1. The summed E-state index contributed by atoms with van der Waals surface area (Å²) in [5, 5.41) is 19.1. The quantitative estimate of drug-likeness (QED) is 0.115. The summed E-state index contributed by atoms with van der Waals surface area (Å²) in [4.78, 5) is 0. The second-order valence-corrected chi connectivity index (χ2v) is 18.0. The maximum Gasteiger partial charge on any atom is 0.119 e. The summed E-state index contributed by atoms with van der Waals surface area (Å²) in [7, 11) is 3.46. The van der Waals surface area contributed by atoms with Crippen LogP contribution in [-0.2, 0) is 38.5 Å². The van der Waals surface area contributed by atoms with Crippen LogP contribution in [0.5, 0.6) is 11.5 Å². The molecule has 6 atom stereocenters. The topological polar surface area (TPSA) is 111 Å². The normalized spacial score (nSPS) is 26.8. The Morgan fingerprint density at radius 2 is 1.02 bits per heavy atom. The van der Waals surface area contributed by atoms with Crippen LogP contribution in [-0.4, -0.2) is 48.7 Å². The second kappa shape index (κ2) is 18.3. The summed E-state index contributed by atoms with van der Waals surface area (Å²) in [6.07, 6.45) is 17.9. The van der Waals surface area contributed by atoms with E-state index in [0.29, 0.717) is 11.8 Å². The third-order valence-electron chi connectivity index (χ3n) is 13.9. The van der Waals surface area contributed by atoms with Crippen molar-refractivity contribution in [1.29, 1.82) is 0 Å². The van der Waals surface area contributed by atoms with Crippen molar-refractivity contribution in [3.8, 4) is 11.5 Å². The van der Waals surface area contributed by atoms with E-state index in [1.807, 2.05) is 12.1 Å². The van der Waals surface area contributed by atoms with Crippen molar-refractivity contribution in [3.05, 3.63) is 129 Å². The predicted octanol–water partition coefficient (Wildman–Crippen LogP) is 8.78. The Kier molecular flexibility index (Phi) is 13.2. The molecule has 6 N–H and O–H groups in total. The first-order valence-corrected chi connectivity index (χ1v) is 21.5. The van der Waals surface area contributed by atoms with Crippen molar-refractivity contribution in [3.63, 3.8) is 0 Å². The first kappa shape index (κ1) is 40.5. The fourth-order valence-electron chi connectivity index (χ4n) is 10.3. The monoisotopic (exact) mass is 759 g/mol. The Bertz CT molecular complexity index is 1770. The Morgan fingerprint density at radius 1 is 0.571 bits per heavy atom. The Hall–Kier alpha value is -3.68. The minimum atomic E-state index is -0.369. The van der Waals surface area contributed by atoms with E-state index in [9.17, 15) is 10.2 Å². The third-order valence-corrected chi connectivity index (χ3v) is 13.9. The average Bonchev–Trinajstić information content (AvgIpc) is 3.85. The molecule has 4 aromatic carbocycles. The van der Waals surface area contributed by atoms with E-state index in [1.165, 1.54) is 95.9 Å². The minimum absolute atomic E-state index is 0.101. The molecule has 0 bridgehead atoms. The summed E-state index contributed by atoms with van der Waals surface area (Å²) < 4.78 is 10.7. The molecule has 8 rings (SSSR count). The first-order valence-electron chi connectivity index (χ1n) is 21.5. The van der Waals surface area contributed by atoms with Gasteiger partial charge in [0.05, 0.1) is 27.4 Å². The van der Waals surface area contributed by atoms with Crippen LogP contribution in [0.2, 0.25) is 0 Å². The van der Waals surface area contributed by atoms with Crippen LogP contribution in [0.3, 0.4) is 0 Å². The van der Waals surface area contributed by atoms with Crippen LogP contribution < -0.4 is 20.9 Å². The molecule has 0 heterocycles. The van der Waals surface area contributed by atoms with Crippen molar-refractivity contribution in [2.45, 2.75) is 126 Å². The van der Waals surface area contributed by atoms with E-state index in [-0.39, 0.29) is 24.3 Å². The van der Waals surface area contributed by atoms with Gasteiger partial charge in [-0.2, -0.15) is 0 Å². The zero-order chi connectivity index (χ0) is 39.1. The second-order valence-electron chi connectivity index (χ2n) is 18.0. The van der Waals surface area contributed by atoms with Crippen LogP contribution in [0.1, 0.15) is 121 Å². The van der Waals surface area contributed by atoms with Crippen molar-refractivity contribution in [2.24, 2.45) is 23.3 Å². The molecule has 2 fully saturated rings. The van der Waals surface area contributed by atoms with Gasteiger partial charge in [0.1, 0.15) is 11.5 Å². The molecule has 0 saturated heterocycles. The van der Waals surface area contributed by atoms with Gasteiger partial charge in [0.15, 0.2) is 0 Å². The van der Waals surface area contributed by atoms with Crippen LogP contribution in [0.15, 0.2) is 84.9 Å². The summed E-state index contributed by atoms with van der Waals surface area (Å²) in [5.41, 5.74) is 23.6. The van der Waals surface area contributed by atoms with Gasteiger partial charge in [0.2, 0.25) is 0 Å². The van der Waals surface area contributed by atoms with Crippen LogP contribution in [0.25, 0.3) is 0 Å². The average molecular weight is 759 g/mol. The van der Waals surface area contributed by atoms with E-state index < -0.39 is 0 Å². The SMILES string of the molecule is COc1cccc(CC[C@@H]2CCc3cc([C@H]4CC[C@](N)(CO)C4)ccc3C2)c1.COc1cccc(CC[C@H]2CCc3cc([C@H]4CC[C@](N)(CO)C4)ccc3C2)c1. The lowest BCUT2D eigenvalue weighted by atomic mass is 9.79. The summed E-state index contributed by atoms with van der Waals surface area (Å²) >= 11 is 0. The zero-order valence-corrected chi connectivity index (χ0v) is 34.0. The highest BCUT2D eigenvalue weighted by Gasteiger charge is 2.37. The van der Waals surface area contributed by atoms with Gasteiger partial charge >= 0.3 is 0 Å². The molecule has 6 nitrogen and oxygen atoms in total. The lowest BCUT2D eigenvalue weighted by molar-refractivity contribution is 0.198. The largest absolute Gasteiger partial charge is 0.497 e. The molecule has 4 aromatic rings. The molecular weight excluding hydrogens is 693 g/mol. The van der Waals surface area contributed by atoms with Crippen LogP contribution in [0, 0.1) is 11.8 Å². The van der Waals surface area contributed by atoms with Gasteiger partial charge in [-0.05, 0) is 195 Å². The van der Waals surface area contributed by atoms with Crippen molar-refractivity contribution in [1.82, 2.24) is 0 Å². The van der Waals surface area contributed by atoms with Gasteiger partial charge in [-0.15, -0.1) is 0 Å². The number of rotatable bonds is 12. The smallest absolute Gasteiger partial charge is 0.119 e. The number of aliphatic hydroxyl groups excluding tert-OH is 2. The molecule has 0 radical (unpaired) electrons. The number of nitrogens with two attached hydrogens (primary N) is 2. The molecule has 4 aliphatic rings. The van der Waals surface area contributed by atoms with Gasteiger partial charge in [0, 0.05) is 11.1 Å². The van der Waals surface area contributed by atoms with E-state index in [0.717, 1.165) is 74.7 Å². The highest BCUT2D eigenvalue weighted by molar-refractivity contribution is 5.38. The highest BCUT2D eigenvalue weighted by atomic mass is 16.5. The van der Waals surface area contributed by atoms with Crippen molar-refractivity contribution < 1.29 is 19.7 Å². The van der Waals surface area contributed by atoms with Gasteiger partial charge in [-0.1, -0.05) is 60.7 Å². The van der Waals surface area contributed by atoms with Crippen molar-refractivity contribution in [2.75, 3.05) is 27.4 Å². The molecule has 0 spiro atoms. The van der Waals surface area contributed by atoms with E-state index >= 15 is 0 Å². The molecule has 0 aromatic heterocycles. The molecule has 0 unspecified atom stereocenters. The number of ether oxygens (including phenoxy) is 2. The Morgan fingerprint density at radius 3 is 1.41 bits per heavy atom. The maximum atomic E-state index is 9.54. The van der Waals surface area contributed by atoms with Gasteiger partial charge < -0.3 is 31.2 Å². The lowest BCUT2D eigenvalue weighted by Crippen LogP contribution is -2.40. The van der Waals surface area contributed by atoms with E-state index in [4.69, 9.17) is 20.9 Å². The molecule has 2 saturated carbocycles. The number of fused-ring (bicyclic) bond motifs is 2. The number of methoxy groups -OCH3 is 2. The van der Waals surface area contributed by atoms with Crippen LogP contribution in [0.4, 0.5) is 0 Å². The number of hydrogen-bond donors (Lipinski definition) is 4. The number of aliphatic hydroxyl groups is 2. The molecule has 4 aliphatic carbocycles. The first-order chi connectivity index (χ1) is 27.2. The van der Waals surface area contributed by atoms with Gasteiger partial charge in [0.25, 0.3) is 0 Å².